The van der Waals surface area contributed by atoms with E-state index in [9.17, 15) is 8.78 Å². The lowest BCUT2D eigenvalue weighted by Crippen LogP contribution is -1.91. The molecule has 0 bridgehead atoms. The molecule has 0 fully saturated rings. The summed E-state index contributed by atoms with van der Waals surface area (Å²) >= 11 is 0. The number of halogens is 2. The summed E-state index contributed by atoms with van der Waals surface area (Å²) in [5, 5.41) is 0. The molecular weight excluding hydrogens is 282 g/mol. The van der Waals surface area contributed by atoms with Gasteiger partial charge in [0, 0.05) is 5.57 Å². The van der Waals surface area contributed by atoms with Gasteiger partial charge in [0.15, 0.2) is 0 Å². The third-order valence-electron chi connectivity index (χ3n) is 3.65. The van der Waals surface area contributed by atoms with E-state index >= 15 is 0 Å². The van der Waals surface area contributed by atoms with Crippen LogP contribution in [0.2, 0.25) is 0 Å². The molecular formula is C19H20F2O. The van der Waals surface area contributed by atoms with Gasteiger partial charge in [-0.25, -0.2) is 0 Å². The van der Waals surface area contributed by atoms with Gasteiger partial charge < -0.3 is 4.74 Å². The molecule has 0 aliphatic rings. The summed E-state index contributed by atoms with van der Waals surface area (Å²) in [5.41, 5.74) is 1.95. The highest BCUT2D eigenvalue weighted by molar-refractivity contribution is 5.66. The molecule has 0 unspecified atom stereocenters. The Balaban J connectivity index is 1.91. The molecule has 0 aromatic heterocycles. The van der Waals surface area contributed by atoms with Crippen LogP contribution in [0.1, 0.15) is 30.4 Å². The van der Waals surface area contributed by atoms with Crippen LogP contribution in [-0.2, 0) is 6.42 Å². The highest BCUT2D eigenvalue weighted by Gasteiger charge is 2.09. The minimum Gasteiger partial charge on any atom is -0.497 e. The van der Waals surface area contributed by atoms with Gasteiger partial charge in [-0.05, 0) is 48.9 Å². The Labute approximate surface area is 130 Å². The molecule has 0 heterocycles. The van der Waals surface area contributed by atoms with Crippen molar-refractivity contribution in [2.75, 3.05) is 7.11 Å². The molecule has 116 valence electrons. The Morgan fingerprint density at radius 2 is 1.59 bits per heavy atom. The molecule has 0 aliphatic carbocycles. The van der Waals surface area contributed by atoms with Crippen molar-refractivity contribution in [2.24, 2.45) is 0 Å². The van der Waals surface area contributed by atoms with Gasteiger partial charge >= 0.3 is 0 Å². The quantitative estimate of drug-likeness (QED) is 0.595. The van der Waals surface area contributed by atoms with E-state index in [2.05, 4.69) is 12.1 Å². The van der Waals surface area contributed by atoms with Crippen molar-refractivity contribution in [3.05, 3.63) is 71.8 Å². The largest absolute Gasteiger partial charge is 0.497 e. The topological polar surface area (TPSA) is 9.23 Å². The first kappa shape index (κ1) is 16.2. The Bertz CT molecular complexity index is 599. The van der Waals surface area contributed by atoms with Crippen molar-refractivity contribution >= 4 is 5.57 Å². The zero-order chi connectivity index (χ0) is 15.8. The number of rotatable bonds is 7. The Kier molecular flexibility index (Phi) is 6.13. The van der Waals surface area contributed by atoms with Crippen LogP contribution in [0.3, 0.4) is 0 Å². The number of benzene rings is 2. The van der Waals surface area contributed by atoms with E-state index in [4.69, 9.17) is 4.74 Å². The first-order chi connectivity index (χ1) is 10.7. The number of hydrogen-bond acceptors (Lipinski definition) is 1. The van der Waals surface area contributed by atoms with Crippen molar-refractivity contribution in [1.82, 2.24) is 0 Å². The third-order valence-corrected chi connectivity index (χ3v) is 3.65. The van der Waals surface area contributed by atoms with E-state index in [1.54, 1.807) is 31.4 Å². The van der Waals surface area contributed by atoms with Crippen LogP contribution in [0.4, 0.5) is 8.78 Å². The van der Waals surface area contributed by atoms with Crippen molar-refractivity contribution < 1.29 is 13.5 Å². The Morgan fingerprint density at radius 3 is 2.18 bits per heavy atom. The van der Waals surface area contributed by atoms with Gasteiger partial charge in [-0.15, -0.1) is 0 Å². The van der Waals surface area contributed by atoms with E-state index in [1.807, 2.05) is 18.2 Å². The van der Waals surface area contributed by atoms with Crippen molar-refractivity contribution in [3.8, 4) is 5.75 Å². The zero-order valence-electron chi connectivity index (χ0n) is 12.7. The molecule has 0 aliphatic heterocycles. The second-order valence-electron chi connectivity index (χ2n) is 5.16. The van der Waals surface area contributed by atoms with Gasteiger partial charge in [-0.3, -0.25) is 0 Å². The van der Waals surface area contributed by atoms with Gasteiger partial charge in [0.1, 0.15) is 5.75 Å². The molecule has 0 amide bonds. The highest BCUT2D eigenvalue weighted by Crippen LogP contribution is 2.28. The van der Waals surface area contributed by atoms with Crippen molar-refractivity contribution in [3.63, 3.8) is 0 Å². The number of methoxy groups -OCH3 is 1. The lowest BCUT2D eigenvalue weighted by Gasteiger charge is -2.08. The molecule has 0 spiro atoms. The summed E-state index contributed by atoms with van der Waals surface area (Å²) in [4.78, 5) is 0. The van der Waals surface area contributed by atoms with Gasteiger partial charge in [-0.1, -0.05) is 42.5 Å². The minimum atomic E-state index is -1.59. The van der Waals surface area contributed by atoms with Gasteiger partial charge in [0.2, 0.25) is 0 Å². The molecule has 1 nitrogen and oxygen atoms in total. The predicted octanol–water partition coefficient (Wildman–Crippen LogP) is 5.72. The SMILES string of the molecule is COc1ccc(C(CCCCc2ccccc2)=C(F)F)cc1. The molecule has 0 saturated heterocycles. The van der Waals surface area contributed by atoms with E-state index in [0.29, 0.717) is 17.7 Å². The van der Waals surface area contributed by atoms with E-state index in [-0.39, 0.29) is 5.57 Å². The van der Waals surface area contributed by atoms with Gasteiger partial charge in [0.25, 0.3) is 6.08 Å². The standard InChI is InChI=1S/C19H20F2O/c1-22-17-13-11-16(12-14-17)18(19(20)21)10-6-5-9-15-7-3-2-4-8-15/h2-4,7-8,11-14H,5-6,9-10H2,1H3. The summed E-state index contributed by atoms with van der Waals surface area (Å²) in [6, 6.07) is 16.9. The first-order valence-electron chi connectivity index (χ1n) is 7.43. The molecule has 0 N–H and O–H groups in total. The monoisotopic (exact) mass is 302 g/mol. The average Bonchev–Trinajstić information content (AvgIpc) is 2.56. The van der Waals surface area contributed by atoms with E-state index < -0.39 is 6.08 Å². The maximum Gasteiger partial charge on any atom is 0.274 e. The van der Waals surface area contributed by atoms with Crippen LogP contribution in [0.15, 0.2) is 60.7 Å². The maximum atomic E-state index is 13.2. The molecule has 0 atom stereocenters. The first-order valence-corrected chi connectivity index (χ1v) is 7.43. The number of unbranched alkanes of at least 4 members (excludes halogenated alkanes) is 1. The average molecular weight is 302 g/mol. The number of allylic oxidation sites excluding steroid dienone is 1. The Hall–Kier alpha value is -2.16. The molecule has 0 saturated carbocycles. The van der Waals surface area contributed by atoms with Crippen LogP contribution in [-0.4, -0.2) is 7.11 Å². The summed E-state index contributed by atoms with van der Waals surface area (Å²) in [6.45, 7) is 0. The van der Waals surface area contributed by atoms with Crippen LogP contribution >= 0.6 is 0 Å². The summed E-state index contributed by atoms with van der Waals surface area (Å²) in [5.74, 6) is 0.673. The fourth-order valence-electron chi connectivity index (χ4n) is 2.42. The molecule has 2 aromatic rings. The third kappa shape index (κ3) is 4.69. The lowest BCUT2D eigenvalue weighted by atomic mass is 9.99. The molecule has 0 radical (unpaired) electrons. The lowest BCUT2D eigenvalue weighted by molar-refractivity contribution is 0.414. The second-order valence-corrected chi connectivity index (χ2v) is 5.16. The highest BCUT2D eigenvalue weighted by atomic mass is 19.3. The summed E-state index contributed by atoms with van der Waals surface area (Å²) in [7, 11) is 1.56. The second kappa shape index (κ2) is 8.32. The molecule has 2 aromatic carbocycles. The predicted molar refractivity (Wildman–Crippen MR) is 86.1 cm³/mol. The normalized spacial score (nSPS) is 10.3. The molecule has 2 rings (SSSR count). The number of ether oxygens (including phenoxy) is 1. The van der Waals surface area contributed by atoms with Crippen LogP contribution < -0.4 is 4.74 Å². The van der Waals surface area contributed by atoms with Crippen molar-refractivity contribution in [2.45, 2.75) is 25.7 Å². The maximum absolute atomic E-state index is 13.2. The summed E-state index contributed by atoms with van der Waals surface area (Å²) < 4.78 is 31.4. The van der Waals surface area contributed by atoms with Crippen molar-refractivity contribution in [1.29, 1.82) is 0 Å². The Morgan fingerprint density at radius 1 is 0.909 bits per heavy atom. The van der Waals surface area contributed by atoms with Gasteiger partial charge in [-0.2, -0.15) is 8.78 Å². The molecule has 22 heavy (non-hydrogen) atoms. The van der Waals surface area contributed by atoms with Gasteiger partial charge in [0.05, 0.1) is 7.11 Å². The van der Waals surface area contributed by atoms with Crippen LogP contribution in [0.5, 0.6) is 5.75 Å². The summed E-state index contributed by atoms with van der Waals surface area (Å²) in [6.07, 6.45) is 1.36. The number of aryl methyl sites for hydroxylation is 1. The fraction of sp³-hybridized carbons (Fsp3) is 0.263. The smallest absolute Gasteiger partial charge is 0.274 e. The minimum absolute atomic E-state index is 0.135. The fourth-order valence-corrected chi connectivity index (χ4v) is 2.42. The van der Waals surface area contributed by atoms with E-state index in [0.717, 1.165) is 19.3 Å². The van der Waals surface area contributed by atoms with Crippen LogP contribution in [0.25, 0.3) is 5.57 Å². The zero-order valence-corrected chi connectivity index (χ0v) is 12.7. The van der Waals surface area contributed by atoms with Crippen LogP contribution in [0, 0.1) is 0 Å². The molecule has 3 heteroatoms. The van der Waals surface area contributed by atoms with E-state index in [1.165, 1.54) is 5.56 Å². The number of hydrogen-bond donors (Lipinski definition) is 0.